The lowest BCUT2D eigenvalue weighted by Crippen LogP contribution is -2.07. The number of benzene rings is 2. The summed E-state index contributed by atoms with van der Waals surface area (Å²) in [5.74, 6) is 1.09. The number of hydrogen-bond donors (Lipinski definition) is 0. The molecule has 0 N–H and O–H groups in total. The normalized spacial score (nSPS) is 12.8. The zero-order valence-corrected chi connectivity index (χ0v) is 16.3. The van der Waals surface area contributed by atoms with Crippen LogP contribution in [-0.2, 0) is 6.54 Å². The van der Waals surface area contributed by atoms with Crippen LogP contribution in [0.2, 0.25) is 0 Å². The molecule has 4 rings (SSSR count). The SMILES string of the molecule is CCn1c(S[C@@H](C)c2nc3ccccc3n2C(F)F)nnc1-c1ccccc1. The third kappa shape index (κ3) is 3.28. The Balaban J connectivity index is 1.70. The van der Waals surface area contributed by atoms with Crippen molar-refractivity contribution in [2.75, 3.05) is 0 Å². The van der Waals surface area contributed by atoms with Crippen molar-refractivity contribution in [3.05, 3.63) is 60.4 Å². The maximum atomic E-state index is 13.7. The fourth-order valence-corrected chi connectivity index (χ4v) is 4.25. The molecule has 0 aliphatic carbocycles. The van der Waals surface area contributed by atoms with Gasteiger partial charge in [-0.3, -0.25) is 4.57 Å². The molecule has 0 bridgehead atoms. The van der Waals surface area contributed by atoms with Crippen molar-refractivity contribution in [2.45, 2.75) is 37.3 Å². The third-order valence-electron chi connectivity index (χ3n) is 4.53. The van der Waals surface area contributed by atoms with Gasteiger partial charge in [0.05, 0.1) is 16.3 Å². The number of alkyl halides is 2. The monoisotopic (exact) mass is 399 g/mol. The second-order valence-electron chi connectivity index (χ2n) is 6.28. The van der Waals surface area contributed by atoms with Crippen LogP contribution in [0.1, 0.15) is 31.5 Å². The highest BCUT2D eigenvalue weighted by atomic mass is 32.2. The molecule has 2 aromatic carbocycles. The van der Waals surface area contributed by atoms with Gasteiger partial charge in [-0.1, -0.05) is 54.2 Å². The van der Waals surface area contributed by atoms with E-state index in [1.165, 1.54) is 11.8 Å². The van der Waals surface area contributed by atoms with E-state index in [0.717, 1.165) is 16.0 Å². The highest BCUT2D eigenvalue weighted by molar-refractivity contribution is 7.99. The second kappa shape index (κ2) is 7.71. The Bertz CT molecular complexity index is 1090. The molecule has 2 aromatic heterocycles. The van der Waals surface area contributed by atoms with Gasteiger partial charge in [-0.15, -0.1) is 10.2 Å². The Morgan fingerprint density at radius 1 is 1.00 bits per heavy atom. The third-order valence-corrected chi connectivity index (χ3v) is 5.61. The van der Waals surface area contributed by atoms with Gasteiger partial charge in [0, 0.05) is 12.1 Å². The topological polar surface area (TPSA) is 48.5 Å². The first-order valence-electron chi connectivity index (χ1n) is 9.00. The standard InChI is InChI=1S/C20H19F2N5S/c1-3-26-18(14-9-5-4-6-10-14)24-25-20(26)28-13(2)17-23-15-11-7-8-12-16(15)27(17)19(21)22/h4-13,19H,3H2,1-2H3/t13-/m0/s1. The van der Waals surface area contributed by atoms with Crippen LogP contribution in [0.4, 0.5) is 8.78 Å². The minimum Gasteiger partial charge on any atom is -0.302 e. The summed E-state index contributed by atoms with van der Waals surface area (Å²) in [5.41, 5.74) is 1.96. The zero-order chi connectivity index (χ0) is 19.7. The van der Waals surface area contributed by atoms with Gasteiger partial charge in [0.25, 0.3) is 0 Å². The molecule has 0 spiro atoms. The average molecular weight is 399 g/mol. The van der Waals surface area contributed by atoms with Crippen LogP contribution in [0, 0.1) is 0 Å². The lowest BCUT2D eigenvalue weighted by molar-refractivity contribution is 0.0715. The predicted molar refractivity (Wildman–Crippen MR) is 106 cm³/mol. The fraction of sp³-hybridized carbons (Fsp3) is 0.250. The van der Waals surface area contributed by atoms with E-state index in [-0.39, 0.29) is 5.25 Å². The summed E-state index contributed by atoms with van der Waals surface area (Å²) in [7, 11) is 0. The number of nitrogens with zero attached hydrogens (tertiary/aromatic N) is 5. The highest BCUT2D eigenvalue weighted by Gasteiger charge is 2.24. The lowest BCUT2D eigenvalue weighted by atomic mass is 10.2. The van der Waals surface area contributed by atoms with Gasteiger partial charge in [0.2, 0.25) is 0 Å². The van der Waals surface area contributed by atoms with Crippen LogP contribution in [0.25, 0.3) is 22.4 Å². The van der Waals surface area contributed by atoms with E-state index in [1.54, 1.807) is 24.3 Å². The largest absolute Gasteiger partial charge is 0.320 e. The Kier molecular flexibility index (Phi) is 5.13. The summed E-state index contributed by atoms with van der Waals surface area (Å²) < 4.78 is 30.5. The molecule has 0 unspecified atom stereocenters. The molecule has 2 heterocycles. The first-order valence-corrected chi connectivity index (χ1v) is 9.88. The quantitative estimate of drug-likeness (QED) is 0.398. The Morgan fingerprint density at radius 3 is 2.43 bits per heavy atom. The number of fused-ring (bicyclic) bond motifs is 1. The number of hydrogen-bond acceptors (Lipinski definition) is 4. The second-order valence-corrected chi connectivity index (χ2v) is 7.59. The molecule has 0 aliphatic rings. The van der Waals surface area contributed by atoms with Crippen molar-refractivity contribution in [3.63, 3.8) is 0 Å². The van der Waals surface area contributed by atoms with Crippen molar-refractivity contribution in [1.29, 1.82) is 0 Å². The molecular formula is C20H19F2N5S. The summed E-state index contributed by atoms with van der Waals surface area (Å²) in [6.45, 7) is 1.90. The summed E-state index contributed by atoms with van der Waals surface area (Å²) >= 11 is 1.38. The molecule has 0 saturated heterocycles. The molecule has 5 nitrogen and oxygen atoms in total. The van der Waals surface area contributed by atoms with Crippen molar-refractivity contribution in [2.24, 2.45) is 0 Å². The van der Waals surface area contributed by atoms with Gasteiger partial charge in [0.1, 0.15) is 5.82 Å². The predicted octanol–water partition coefficient (Wildman–Crippen LogP) is 5.56. The van der Waals surface area contributed by atoms with E-state index in [4.69, 9.17) is 0 Å². The molecule has 1 atom stereocenters. The van der Waals surface area contributed by atoms with Gasteiger partial charge in [0.15, 0.2) is 11.0 Å². The van der Waals surface area contributed by atoms with Gasteiger partial charge in [-0.05, 0) is 26.0 Å². The average Bonchev–Trinajstić information content (AvgIpc) is 3.29. The van der Waals surface area contributed by atoms with Crippen LogP contribution in [0.3, 0.4) is 0 Å². The molecule has 144 valence electrons. The molecule has 8 heteroatoms. The molecule has 0 fully saturated rings. The van der Waals surface area contributed by atoms with Crippen LogP contribution >= 0.6 is 11.8 Å². The first-order chi connectivity index (χ1) is 13.6. The van der Waals surface area contributed by atoms with E-state index in [1.807, 2.05) is 48.7 Å². The number of thioether (sulfide) groups is 1. The number of imidazole rings is 1. The molecule has 28 heavy (non-hydrogen) atoms. The van der Waals surface area contributed by atoms with Crippen molar-refractivity contribution in [3.8, 4) is 11.4 Å². The van der Waals surface area contributed by atoms with Crippen molar-refractivity contribution >= 4 is 22.8 Å². The number of aromatic nitrogens is 5. The summed E-state index contributed by atoms with van der Waals surface area (Å²) in [6, 6.07) is 16.7. The number of halogens is 2. The van der Waals surface area contributed by atoms with Crippen LogP contribution < -0.4 is 0 Å². The van der Waals surface area contributed by atoms with Crippen LogP contribution in [0.15, 0.2) is 59.8 Å². The Hall–Kier alpha value is -2.74. The van der Waals surface area contributed by atoms with E-state index in [0.29, 0.717) is 28.6 Å². The maximum absolute atomic E-state index is 13.7. The van der Waals surface area contributed by atoms with E-state index >= 15 is 0 Å². The van der Waals surface area contributed by atoms with Gasteiger partial charge in [-0.25, -0.2) is 4.98 Å². The minimum absolute atomic E-state index is 0.320. The van der Waals surface area contributed by atoms with Gasteiger partial charge in [-0.2, -0.15) is 8.78 Å². The summed E-state index contributed by atoms with van der Waals surface area (Å²) in [5, 5.41) is 8.99. The molecule has 0 radical (unpaired) electrons. The van der Waals surface area contributed by atoms with Gasteiger partial charge >= 0.3 is 6.55 Å². The van der Waals surface area contributed by atoms with Crippen molar-refractivity contribution in [1.82, 2.24) is 24.3 Å². The van der Waals surface area contributed by atoms with E-state index in [2.05, 4.69) is 15.2 Å². The summed E-state index contributed by atoms with van der Waals surface area (Å²) in [6.07, 6.45) is 0. The Morgan fingerprint density at radius 2 is 1.71 bits per heavy atom. The van der Waals surface area contributed by atoms with Crippen LogP contribution in [-0.4, -0.2) is 24.3 Å². The van der Waals surface area contributed by atoms with Crippen LogP contribution in [0.5, 0.6) is 0 Å². The van der Waals surface area contributed by atoms with Gasteiger partial charge < -0.3 is 4.57 Å². The Labute approximate surface area is 165 Å². The van der Waals surface area contributed by atoms with E-state index in [9.17, 15) is 8.78 Å². The molecule has 0 aliphatic heterocycles. The maximum Gasteiger partial charge on any atom is 0.320 e. The molecule has 0 amide bonds. The molecular weight excluding hydrogens is 380 g/mol. The number of rotatable bonds is 6. The number of para-hydroxylation sites is 2. The smallest absolute Gasteiger partial charge is 0.302 e. The fourth-order valence-electron chi connectivity index (χ4n) is 3.23. The minimum atomic E-state index is -2.66. The first kappa shape index (κ1) is 18.6. The lowest BCUT2D eigenvalue weighted by Gasteiger charge is -2.14. The zero-order valence-electron chi connectivity index (χ0n) is 15.5. The molecule has 0 saturated carbocycles. The highest BCUT2D eigenvalue weighted by Crippen LogP contribution is 2.37. The molecule has 4 aromatic rings. The summed E-state index contributed by atoms with van der Waals surface area (Å²) in [4.78, 5) is 4.46. The van der Waals surface area contributed by atoms with E-state index < -0.39 is 6.55 Å². The van der Waals surface area contributed by atoms with Crippen molar-refractivity contribution < 1.29 is 8.78 Å².